The Kier molecular flexibility index (Phi) is 2.71. The van der Waals surface area contributed by atoms with E-state index in [1.165, 1.54) is 6.26 Å². The lowest BCUT2D eigenvalue weighted by Crippen LogP contribution is -2.43. The van der Waals surface area contributed by atoms with E-state index in [4.69, 9.17) is 4.74 Å². The molecule has 0 heterocycles. The molecule has 0 spiro atoms. The van der Waals surface area contributed by atoms with E-state index in [1.54, 1.807) is 0 Å². The molecule has 0 aromatic carbocycles. The molecule has 0 saturated heterocycles. The SMILES string of the molecule is C=COC(C)[N+](C)(C)C. The molecule has 0 aromatic heterocycles. The lowest BCUT2D eigenvalue weighted by molar-refractivity contribution is -0.915. The summed E-state index contributed by atoms with van der Waals surface area (Å²) in [6.07, 6.45) is 1.66. The average Bonchev–Trinajstić information content (AvgIpc) is 1.64. The molecule has 0 N–H and O–H groups in total. The van der Waals surface area contributed by atoms with E-state index in [2.05, 4.69) is 27.7 Å². The van der Waals surface area contributed by atoms with Gasteiger partial charge in [-0.3, -0.25) is 4.48 Å². The zero-order valence-corrected chi connectivity index (χ0v) is 6.72. The summed E-state index contributed by atoms with van der Waals surface area (Å²) in [7, 11) is 6.23. The van der Waals surface area contributed by atoms with Gasteiger partial charge >= 0.3 is 0 Å². The van der Waals surface area contributed by atoms with Gasteiger partial charge in [-0.25, -0.2) is 0 Å². The van der Waals surface area contributed by atoms with E-state index in [0.29, 0.717) is 0 Å². The molecular weight excluding hydrogens is 114 g/mol. The zero-order chi connectivity index (χ0) is 7.49. The molecule has 0 fully saturated rings. The van der Waals surface area contributed by atoms with Crippen molar-refractivity contribution in [1.29, 1.82) is 0 Å². The first-order valence-electron chi connectivity index (χ1n) is 3.06. The summed E-state index contributed by atoms with van der Waals surface area (Å²) >= 11 is 0. The summed E-state index contributed by atoms with van der Waals surface area (Å²) in [5.74, 6) is 0. The first-order valence-corrected chi connectivity index (χ1v) is 3.06. The van der Waals surface area contributed by atoms with Crippen molar-refractivity contribution in [2.45, 2.75) is 13.2 Å². The highest BCUT2D eigenvalue weighted by Crippen LogP contribution is 2.02. The molecule has 54 valence electrons. The highest BCUT2D eigenvalue weighted by atomic mass is 16.5. The molecule has 0 saturated carbocycles. The quantitative estimate of drug-likeness (QED) is 0.317. The predicted octanol–water partition coefficient (Wildman–Crippen LogP) is 1.20. The predicted molar refractivity (Wildman–Crippen MR) is 38.8 cm³/mol. The van der Waals surface area contributed by atoms with Crippen LogP contribution in [0, 0.1) is 0 Å². The van der Waals surface area contributed by atoms with Crippen LogP contribution in [0.15, 0.2) is 12.8 Å². The van der Waals surface area contributed by atoms with Crippen LogP contribution in [0.1, 0.15) is 6.92 Å². The van der Waals surface area contributed by atoms with Crippen LogP contribution in [-0.2, 0) is 4.74 Å². The van der Waals surface area contributed by atoms with Crippen LogP contribution < -0.4 is 0 Å². The Hall–Kier alpha value is -0.500. The Balaban J connectivity index is 3.72. The molecule has 0 aliphatic heterocycles. The number of hydrogen-bond donors (Lipinski definition) is 0. The second kappa shape index (κ2) is 2.87. The minimum absolute atomic E-state index is 0.183. The molecule has 1 atom stereocenters. The van der Waals surface area contributed by atoms with Gasteiger partial charge in [-0.05, 0) is 0 Å². The van der Waals surface area contributed by atoms with Crippen molar-refractivity contribution in [3.63, 3.8) is 0 Å². The van der Waals surface area contributed by atoms with Crippen LogP contribution in [0.25, 0.3) is 0 Å². The summed E-state index contributed by atoms with van der Waals surface area (Å²) in [5, 5.41) is 0. The fraction of sp³-hybridized carbons (Fsp3) is 0.714. The van der Waals surface area contributed by atoms with Gasteiger partial charge in [-0.1, -0.05) is 6.58 Å². The van der Waals surface area contributed by atoms with Crippen molar-refractivity contribution in [2.24, 2.45) is 0 Å². The monoisotopic (exact) mass is 130 g/mol. The van der Waals surface area contributed by atoms with Gasteiger partial charge in [-0.2, -0.15) is 0 Å². The van der Waals surface area contributed by atoms with Gasteiger partial charge in [0.2, 0.25) is 6.23 Å². The fourth-order valence-electron chi connectivity index (χ4n) is 0.322. The van der Waals surface area contributed by atoms with Crippen LogP contribution in [0.5, 0.6) is 0 Å². The number of rotatable bonds is 3. The zero-order valence-electron chi connectivity index (χ0n) is 6.72. The highest BCUT2D eigenvalue weighted by molar-refractivity contribution is 4.48. The lowest BCUT2D eigenvalue weighted by Gasteiger charge is -2.29. The molecule has 2 nitrogen and oxygen atoms in total. The number of nitrogens with zero attached hydrogens (tertiary/aromatic N) is 1. The highest BCUT2D eigenvalue weighted by Gasteiger charge is 2.16. The third-order valence-corrected chi connectivity index (χ3v) is 1.38. The van der Waals surface area contributed by atoms with E-state index in [9.17, 15) is 0 Å². The van der Waals surface area contributed by atoms with E-state index >= 15 is 0 Å². The third kappa shape index (κ3) is 3.14. The van der Waals surface area contributed by atoms with Gasteiger partial charge in [0.1, 0.15) is 0 Å². The van der Waals surface area contributed by atoms with Gasteiger partial charge in [0.05, 0.1) is 27.4 Å². The van der Waals surface area contributed by atoms with Crippen LogP contribution >= 0.6 is 0 Å². The number of hydrogen-bond acceptors (Lipinski definition) is 1. The maximum absolute atomic E-state index is 5.14. The van der Waals surface area contributed by atoms with Crippen molar-refractivity contribution < 1.29 is 9.22 Å². The van der Waals surface area contributed by atoms with Crippen molar-refractivity contribution in [3.05, 3.63) is 12.8 Å². The van der Waals surface area contributed by atoms with E-state index in [0.717, 1.165) is 4.48 Å². The smallest absolute Gasteiger partial charge is 0.229 e. The molecule has 0 aromatic rings. The molecule has 2 heteroatoms. The molecule has 0 bridgehead atoms. The molecular formula is C7H16NO+. The minimum atomic E-state index is 0.183. The molecule has 1 unspecified atom stereocenters. The lowest BCUT2D eigenvalue weighted by atomic mass is 10.5. The van der Waals surface area contributed by atoms with Crippen LogP contribution in [-0.4, -0.2) is 31.9 Å². The molecule has 0 amide bonds. The average molecular weight is 130 g/mol. The Morgan fingerprint density at radius 1 is 1.44 bits per heavy atom. The van der Waals surface area contributed by atoms with Crippen LogP contribution in [0.3, 0.4) is 0 Å². The van der Waals surface area contributed by atoms with E-state index in [-0.39, 0.29) is 6.23 Å². The van der Waals surface area contributed by atoms with Crippen molar-refractivity contribution in [3.8, 4) is 0 Å². The largest absolute Gasteiger partial charge is 0.451 e. The Morgan fingerprint density at radius 3 is 2.00 bits per heavy atom. The fourth-order valence-corrected chi connectivity index (χ4v) is 0.322. The maximum atomic E-state index is 5.14. The summed E-state index contributed by atoms with van der Waals surface area (Å²) in [4.78, 5) is 0. The van der Waals surface area contributed by atoms with E-state index < -0.39 is 0 Å². The normalized spacial score (nSPS) is 14.7. The second-order valence-electron chi connectivity index (χ2n) is 3.02. The van der Waals surface area contributed by atoms with Gasteiger partial charge in [0.25, 0.3) is 0 Å². The Labute approximate surface area is 57.3 Å². The topological polar surface area (TPSA) is 9.23 Å². The van der Waals surface area contributed by atoms with Gasteiger partial charge < -0.3 is 4.74 Å². The number of quaternary nitrogens is 1. The summed E-state index contributed by atoms with van der Waals surface area (Å²) < 4.78 is 5.94. The standard InChI is InChI=1S/C7H16NO/c1-6-9-7(2)8(3,4)5/h6-7H,1H2,2-5H3/q+1. The summed E-state index contributed by atoms with van der Waals surface area (Å²) in [6, 6.07) is 0. The van der Waals surface area contributed by atoms with Gasteiger partial charge in [0, 0.05) is 6.92 Å². The third-order valence-electron chi connectivity index (χ3n) is 1.38. The second-order valence-corrected chi connectivity index (χ2v) is 3.02. The molecule has 0 aliphatic rings. The van der Waals surface area contributed by atoms with Gasteiger partial charge in [0.15, 0.2) is 0 Å². The first kappa shape index (κ1) is 8.50. The minimum Gasteiger partial charge on any atom is -0.451 e. The van der Waals surface area contributed by atoms with Crippen molar-refractivity contribution >= 4 is 0 Å². The molecule has 0 rings (SSSR count). The summed E-state index contributed by atoms with van der Waals surface area (Å²) in [5.41, 5.74) is 0. The van der Waals surface area contributed by atoms with Crippen molar-refractivity contribution in [1.82, 2.24) is 0 Å². The maximum Gasteiger partial charge on any atom is 0.229 e. The molecule has 0 aliphatic carbocycles. The van der Waals surface area contributed by atoms with Gasteiger partial charge in [-0.15, -0.1) is 0 Å². The van der Waals surface area contributed by atoms with Crippen LogP contribution in [0.2, 0.25) is 0 Å². The van der Waals surface area contributed by atoms with Crippen LogP contribution in [0.4, 0.5) is 0 Å². The number of ether oxygens (including phenoxy) is 1. The Bertz CT molecular complexity index is 93.6. The first-order chi connectivity index (χ1) is 3.98. The summed E-state index contributed by atoms with van der Waals surface area (Å²) in [6.45, 7) is 5.50. The molecule has 0 radical (unpaired) electrons. The van der Waals surface area contributed by atoms with E-state index in [1.807, 2.05) is 6.92 Å². The van der Waals surface area contributed by atoms with Crippen molar-refractivity contribution in [2.75, 3.05) is 21.1 Å². The molecule has 9 heavy (non-hydrogen) atoms. The Morgan fingerprint density at radius 2 is 1.89 bits per heavy atom.